The summed E-state index contributed by atoms with van der Waals surface area (Å²) in [7, 11) is 0. The van der Waals surface area contributed by atoms with Crippen LogP contribution in [0.15, 0.2) is 30.5 Å². The van der Waals surface area contributed by atoms with E-state index < -0.39 is 11.6 Å². The van der Waals surface area contributed by atoms with Gasteiger partial charge in [0.05, 0.1) is 15.6 Å². The second-order valence-electron chi connectivity index (χ2n) is 9.70. The average molecular weight is 479 g/mol. The van der Waals surface area contributed by atoms with Crippen LogP contribution in [0, 0.1) is 0 Å². The minimum atomic E-state index is -1.48. The molecule has 9 N–H and O–H groups in total. The van der Waals surface area contributed by atoms with E-state index in [1.54, 1.807) is 24.4 Å². The molecule has 178 valence electrons. The van der Waals surface area contributed by atoms with E-state index in [2.05, 4.69) is 10.3 Å². The van der Waals surface area contributed by atoms with E-state index in [4.69, 9.17) is 22.9 Å². The molecule has 1 amide bonds. The predicted octanol–water partition coefficient (Wildman–Crippen LogP) is 2.40. The number of benzene rings is 1. The van der Waals surface area contributed by atoms with Gasteiger partial charge in [0.2, 0.25) is 0 Å². The number of nitrogen functional groups attached to an aromatic ring is 1. The minimum absolute atomic E-state index is 0.0795. The number of aromatic nitrogens is 1. The molecule has 0 radical (unpaired) electrons. The van der Waals surface area contributed by atoms with Crippen LogP contribution >= 0.6 is 11.3 Å². The molecular weight excluding hydrogens is 448 g/mol. The first-order valence-electron chi connectivity index (χ1n) is 11.6. The molecule has 2 aliphatic rings. The van der Waals surface area contributed by atoms with E-state index in [1.165, 1.54) is 11.3 Å². The Hall–Kier alpha value is -2.85. The molecule has 3 aromatic rings. The average Bonchev–Trinajstić information content (AvgIpc) is 3.41. The van der Waals surface area contributed by atoms with E-state index in [0.717, 1.165) is 25.0 Å². The SMILES string of the molecule is CC(C)c1cc(C2(N)C(=O)C(N)c3c(C(=O)N[C@@H]4CCC[C@H]4N)sc4c(N)ccc2c34)ccn1. The van der Waals surface area contributed by atoms with Crippen molar-refractivity contribution in [3.63, 3.8) is 0 Å². The number of carbonyl (C=O) groups excluding carboxylic acids is 2. The third-order valence-corrected chi connectivity index (χ3v) is 8.49. The number of hydrogen-bond acceptors (Lipinski definition) is 8. The zero-order chi connectivity index (χ0) is 24.4. The summed E-state index contributed by atoms with van der Waals surface area (Å²) in [6.45, 7) is 4.06. The van der Waals surface area contributed by atoms with Crippen LogP contribution in [0.3, 0.4) is 0 Å². The molecular formula is C25H30N6O2S. The maximum absolute atomic E-state index is 13.8. The minimum Gasteiger partial charge on any atom is -0.398 e. The molecule has 0 saturated heterocycles. The number of nitrogens with two attached hydrogens (primary N) is 4. The maximum atomic E-state index is 13.8. The second kappa shape index (κ2) is 8.13. The highest BCUT2D eigenvalue weighted by Gasteiger charge is 2.49. The smallest absolute Gasteiger partial charge is 0.262 e. The van der Waals surface area contributed by atoms with Crippen molar-refractivity contribution >= 4 is 38.8 Å². The Kier molecular flexibility index (Phi) is 5.48. The molecule has 9 heteroatoms. The van der Waals surface area contributed by atoms with Crippen LogP contribution < -0.4 is 28.3 Å². The van der Waals surface area contributed by atoms with Crippen LogP contribution in [-0.2, 0) is 10.3 Å². The van der Waals surface area contributed by atoms with E-state index >= 15 is 0 Å². The number of carbonyl (C=O) groups is 2. The van der Waals surface area contributed by atoms with Gasteiger partial charge in [-0.3, -0.25) is 14.6 Å². The van der Waals surface area contributed by atoms with Gasteiger partial charge >= 0.3 is 0 Å². The first-order chi connectivity index (χ1) is 16.1. The number of hydrogen-bond donors (Lipinski definition) is 5. The Bertz CT molecular complexity index is 1320. The summed E-state index contributed by atoms with van der Waals surface area (Å²) in [5, 5.41) is 3.75. The highest BCUT2D eigenvalue weighted by atomic mass is 32.1. The van der Waals surface area contributed by atoms with Gasteiger partial charge in [-0.05, 0) is 54.5 Å². The molecule has 0 aliphatic heterocycles. The van der Waals surface area contributed by atoms with Gasteiger partial charge in [-0.1, -0.05) is 19.9 Å². The molecule has 2 aliphatic carbocycles. The number of anilines is 1. The Morgan fingerprint density at radius 3 is 2.68 bits per heavy atom. The third kappa shape index (κ3) is 3.26. The van der Waals surface area contributed by atoms with Gasteiger partial charge in [-0.15, -0.1) is 11.3 Å². The van der Waals surface area contributed by atoms with Crippen LogP contribution in [0.25, 0.3) is 10.1 Å². The molecule has 1 fully saturated rings. The number of nitrogens with zero attached hydrogens (tertiary/aromatic N) is 1. The van der Waals surface area contributed by atoms with Gasteiger partial charge in [-0.2, -0.15) is 0 Å². The summed E-state index contributed by atoms with van der Waals surface area (Å²) in [6, 6.07) is 5.89. The van der Waals surface area contributed by atoms with Crippen LogP contribution in [0.4, 0.5) is 5.69 Å². The molecule has 8 nitrogen and oxygen atoms in total. The summed E-state index contributed by atoms with van der Waals surface area (Å²) in [4.78, 5) is 32.0. The van der Waals surface area contributed by atoms with Gasteiger partial charge in [-0.25, -0.2) is 0 Å². The highest BCUT2D eigenvalue weighted by Crippen LogP contribution is 2.49. The van der Waals surface area contributed by atoms with Crippen molar-refractivity contribution < 1.29 is 9.59 Å². The van der Waals surface area contributed by atoms with Crippen LogP contribution in [0.1, 0.15) is 77.1 Å². The van der Waals surface area contributed by atoms with E-state index in [0.29, 0.717) is 37.3 Å². The van der Waals surface area contributed by atoms with Crippen LogP contribution in [0.5, 0.6) is 0 Å². The number of rotatable bonds is 4. The largest absolute Gasteiger partial charge is 0.398 e. The molecule has 2 aromatic heterocycles. The molecule has 1 saturated carbocycles. The summed E-state index contributed by atoms with van der Waals surface area (Å²) < 4.78 is 0.712. The summed E-state index contributed by atoms with van der Waals surface area (Å²) >= 11 is 1.25. The molecule has 1 aromatic carbocycles. The molecule has 5 rings (SSSR count). The van der Waals surface area contributed by atoms with Crippen molar-refractivity contribution in [3.05, 3.63) is 57.7 Å². The monoisotopic (exact) mass is 478 g/mol. The van der Waals surface area contributed by atoms with Crippen molar-refractivity contribution in [2.24, 2.45) is 17.2 Å². The maximum Gasteiger partial charge on any atom is 0.262 e. The van der Waals surface area contributed by atoms with E-state index in [-0.39, 0.29) is 29.7 Å². The second-order valence-corrected chi connectivity index (χ2v) is 10.7. The Morgan fingerprint density at radius 1 is 1.24 bits per heavy atom. The summed E-state index contributed by atoms with van der Waals surface area (Å²) in [5.74, 6) is -0.476. The van der Waals surface area contributed by atoms with Gasteiger partial charge in [0.25, 0.3) is 5.91 Å². The number of nitrogens with one attached hydrogen (secondary N) is 1. The summed E-state index contributed by atoms with van der Waals surface area (Å²) in [6.07, 6.45) is 4.34. The molecule has 34 heavy (non-hydrogen) atoms. The molecule has 2 heterocycles. The zero-order valence-corrected chi connectivity index (χ0v) is 20.1. The lowest BCUT2D eigenvalue weighted by molar-refractivity contribution is -0.124. The van der Waals surface area contributed by atoms with E-state index in [9.17, 15) is 9.59 Å². The quantitative estimate of drug-likeness (QED) is 0.359. The van der Waals surface area contributed by atoms with Crippen molar-refractivity contribution in [2.75, 3.05) is 5.73 Å². The lowest BCUT2D eigenvalue weighted by atomic mass is 9.70. The van der Waals surface area contributed by atoms with Crippen molar-refractivity contribution in [1.29, 1.82) is 0 Å². The zero-order valence-electron chi connectivity index (χ0n) is 19.3. The van der Waals surface area contributed by atoms with Crippen LogP contribution in [-0.4, -0.2) is 28.8 Å². The molecule has 0 spiro atoms. The fourth-order valence-corrected chi connectivity index (χ4v) is 6.46. The molecule has 0 bridgehead atoms. The standard InChI is InChI=1S/C25H30N6O2S/c1-11(2)17-10-12(8-9-30-17)25(29)13-6-7-15(27)21-18(13)19(20(28)23(25)32)22(34-21)24(33)31-16-5-3-4-14(16)26/h6-11,14,16,20H,3-5,26-29H2,1-2H3,(H,31,33)/t14-,16-,20?,25?/m1/s1. The van der Waals surface area contributed by atoms with Gasteiger partial charge in [0, 0.05) is 40.6 Å². The van der Waals surface area contributed by atoms with Gasteiger partial charge in [0.15, 0.2) is 5.78 Å². The molecule has 4 atom stereocenters. The number of ketones is 1. The van der Waals surface area contributed by atoms with Crippen molar-refractivity contribution in [2.45, 2.75) is 62.7 Å². The lowest BCUT2D eigenvalue weighted by Crippen LogP contribution is -2.52. The number of amides is 1. The Labute approximate surface area is 202 Å². The number of Topliss-reactive ketones (excluding diaryl/α,β-unsaturated/α-hetero) is 1. The fraction of sp³-hybridized carbons (Fsp3) is 0.400. The normalized spacial score (nSPS) is 26.4. The van der Waals surface area contributed by atoms with E-state index in [1.807, 2.05) is 19.9 Å². The fourth-order valence-electron chi connectivity index (χ4n) is 5.26. The first kappa shape index (κ1) is 22.9. The predicted molar refractivity (Wildman–Crippen MR) is 135 cm³/mol. The topological polar surface area (TPSA) is 163 Å². The third-order valence-electron chi connectivity index (χ3n) is 7.23. The number of pyridine rings is 1. The number of thiophene rings is 1. The first-order valence-corrected chi connectivity index (χ1v) is 12.4. The van der Waals surface area contributed by atoms with Gasteiger partial charge in [0.1, 0.15) is 5.54 Å². The van der Waals surface area contributed by atoms with Crippen LogP contribution in [0.2, 0.25) is 0 Å². The van der Waals surface area contributed by atoms with Crippen molar-refractivity contribution in [3.8, 4) is 0 Å². The van der Waals surface area contributed by atoms with Crippen molar-refractivity contribution in [1.82, 2.24) is 10.3 Å². The highest BCUT2D eigenvalue weighted by molar-refractivity contribution is 7.21. The summed E-state index contributed by atoms with van der Waals surface area (Å²) in [5.41, 5.74) is 27.6. The Balaban J connectivity index is 1.70. The molecule has 2 unspecified atom stereocenters. The van der Waals surface area contributed by atoms with Gasteiger partial charge < -0.3 is 28.3 Å². The lowest BCUT2D eigenvalue weighted by Gasteiger charge is -2.36. The Morgan fingerprint density at radius 2 is 2.00 bits per heavy atom.